The van der Waals surface area contributed by atoms with E-state index in [1.165, 1.54) is 31.7 Å². The highest BCUT2D eigenvalue weighted by atomic mass is 19.1. The number of benzene rings is 1. The van der Waals surface area contributed by atoms with Gasteiger partial charge in [-0.25, -0.2) is 4.39 Å². The van der Waals surface area contributed by atoms with Gasteiger partial charge >= 0.3 is 0 Å². The maximum absolute atomic E-state index is 14.0. The molecule has 0 amide bonds. The van der Waals surface area contributed by atoms with E-state index >= 15 is 0 Å². The zero-order valence-corrected chi connectivity index (χ0v) is 12.0. The van der Waals surface area contributed by atoms with Gasteiger partial charge in [-0.1, -0.05) is 30.7 Å². The van der Waals surface area contributed by atoms with E-state index < -0.39 is 0 Å². The Hall–Kier alpha value is -1.37. The van der Waals surface area contributed by atoms with Gasteiger partial charge in [0.1, 0.15) is 12.4 Å². The fourth-order valence-corrected chi connectivity index (χ4v) is 2.88. The van der Waals surface area contributed by atoms with Gasteiger partial charge in [0.05, 0.1) is 0 Å². The van der Waals surface area contributed by atoms with Crippen molar-refractivity contribution < 1.29 is 9.50 Å². The molecule has 0 atom stereocenters. The van der Waals surface area contributed by atoms with Crippen molar-refractivity contribution in [1.29, 1.82) is 0 Å². The summed E-state index contributed by atoms with van der Waals surface area (Å²) in [5.41, 5.74) is 1.32. The molecule has 0 aliphatic heterocycles. The second kappa shape index (κ2) is 7.42. The largest absolute Gasteiger partial charge is 0.384 e. The first-order chi connectivity index (χ1) is 9.69. The molecule has 1 aliphatic rings. The van der Waals surface area contributed by atoms with Crippen LogP contribution in [-0.2, 0) is 6.54 Å². The van der Waals surface area contributed by atoms with Crippen molar-refractivity contribution in [2.24, 2.45) is 5.92 Å². The van der Waals surface area contributed by atoms with Crippen LogP contribution in [0, 0.1) is 23.6 Å². The number of hydrogen-bond donors (Lipinski definition) is 1. The van der Waals surface area contributed by atoms with Crippen molar-refractivity contribution in [2.75, 3.05) is 20.2 Å². The molecule has 1 aliphatic carbocycles. The Morgan fingerprint density at radius 1 is 1.35 bits per heavy atom. The SMILES string of the molecule is CN(Cc1ccc(C#CCO)cc1F)CC1CCCC1. The van der Waals surface area contributed by atoms with Crippen LogP contribution < -0.4 is 0 Å². The molecule has 0 heterocycles. The van der Waals surface area contributed by atoms with Crippen LogP contribution in [0.1, 0.15) is 36.8 Å². The molecule has 0 saturated heterocycles. The predicted octanol–water partition coefficient (Wildman–Crippen LogP) is 2.79. The lowest BCUT2D eigenvalue weighted by molar-refractivity contribution is 0.268. The molecule has 0 spiro atoms. The van der Waals surface area contributed by atoms with Crippen molar-refractivity contribution in [2.45, 2.75) is 32.2 Å². The third-order valence-electron chi connectivity index (χ3n) is 3.85. The minimum atomic E-state index is -0.215. The highest BCUT2D eigenvalue weighted by Crippen LogP contribution is 2.25. The molecule has 0 aromatic heterocycles. The maximum Gasteiger partial charge on any atom is 0.128 e. The summed E-state index contributed by atoms with van der Waals surface area (Å²) in [6.07, 6.45) is 5.29. The number of aliphatic hydroxyl groups is 1. The summed E-state index contributed by atoms with van der Waals surface area (Å²) in [6, 6.07) is 5.05. The Morgan fingerprint density at radius 3 is 2.75 bits per heavy atom. The molecule has 1 aromatic carbocycles. The van der Waals surface area contributed by atoms with Gasteiger partial charge in [0.25, 0.3) is 0 Å². The summed E-state index contributed by atoms with van der Waals surface area (Å²) in [4.78, 5) is 2.20. The minimum Gasteiger partial charge on any atom is -0.384 e. The van der Waals surface area contributed by atoms with E-state index in [-0.39, 0.29) is 12.4 Å². The van der Waals surface area contributed by atoms with Crippen molar-refractivity contribution in [3.05, 3.63) is 35.1 Å². The van der Waals surface area contributed by atoms with E-state index in [1.54, 1.807) is 6.07 Å². The Morgan fingerprint density at radius 2 is 2.10 bits per heavy atom. The smallest absolute Gasteiger partial charge is 0.128 e. The first-order valence-corrected chi connectivity index (χ1v) is 7.25. The molecule has 0 bridgehead atoms. The molecular weight excluding hydrogens is 253 g/mol. The molecular formula is C17H22FNO. The summed E-state index contributed by atoms with van der Waals surface area (Å²) in [5.74, 6) is 5.81. The fourth-order valence-electron chi connectivity index (χ4n) is 2.88. The molecule has 1 aromatic rings. The van der Waals surface area contributed by atoms with Gasteiger partial charge < -0.3 is 10.0 Å². The van der Waals surface area contributed by atoms with Crippen molar-refractivity contribution in [3.63, 3.8) is 0 Å². The lowest BCUT2D eigenvalue weighted by Crippen LogP contribution is -2.24. The van der Waals surface area contributed by atoms with E-state index in [4.69, 9.17) is 5.11 Å². The lowest BCUT2D eigenvalue weighted by atomic mass is 10.1. The fraction of sp³-hybridized carbons (Fsp3) is 0.529. The highest BCUT2D eigenvalue weighted by Gasteiger charge is 2.17. The number of halogens is 1. The van der Waals surface area contributed by atoms with Gasteiger partial charge in [-0.15, -0.1) is 0 Å². The molecule has 0 unspecified atom stereocenters. The maximum atomic E-state index is 14.0. The molecule has 2 rings (SSSR count). The first kappa shape index (κ1) is 15.0. The van der Waals surface area contributed by atoms with Gasteiger partial charge in [-0.3, -0.25) is 0 Å². The van der Waals surface area contributed by atoms with Crippen molar-refractivity contribution in [1.82, 2.24) is 4.90 Å². The number of hydrogen-bond acceptors (Lipinski definition) is 2. The summed E-state index contributed by atoms with van der Waals surface area (Å²) in [6.45, 7) is 1.48. The zero-order valence-electron chi connectivity index (χ0n) is 12.0. The molecule has 20 heavy (non-hydrogen) atoms. The Bertz CT molecular complexity index is 497. The van der Waals surface area contributed by atoms with E-state index in [1.807, 2.05) is 6.07 Å². The van der Waals surface area contributed by atoms with E-state index in [9.17, 15) is 4.39 Å². The second-order valence-electron chi connectivity index (χ2n) is 5.61. The summed E-state index contributed by atoms with van der Waals surface area (Å²) in [7, 11) is 2.05. The standard InChI is InChI=1S/C17H22FNO/c1-19(12-15-5-2-3-6-15)13-16-9-8-14(7-4-10-20)11-17(16)18/h8-9,11,15,20H,2-3,5-6,10,12-13H2,1H3. The van der Waals surface area contributed by atoms with Crippen LogP contribution in [0.3, 0.4) is 0 Å². The molecule has 1 fully saturated rings. The van der Waals surface area contributed by atoms with Crippen molar-refractivity contribution in [3.8, 4) is 11.8 Å². The number of aliphatic hydroxyl groups excluding tert-OH is 1. The molecule has 0 radical (unpaired) electrons. The average molecular weight is 275 g/mol. The Kier molecular flexibility index (Phi) is 5.58. The Labute approximate surface area is 120 Å². The zero-order chi connectivity index (χ0) is 14.4. The van der Waals surface area contributed by atoms with Crippen LogP contribution in [0.15, 0.2) is 18.2 Å². The van der Waals surface area contributed by atoms with Gasteiger partial charge in [0.15, 0.2) is 0 Å². The summed E-state index contributed by atoms with van der Waals surface area (Å²) < 4.78 is 14.0. The Balaban J connectivity index is 1.94. The number of nitrogens with zero attached hydrogens (tertiary/aromatic N) is 1. The average Bonchev–Trinajstić information content (AvgIpc) is 2.92. The summed E-state index contributed by atoms with van der Waals surface area (Å²) >= 11 is 0. The molecule has 1 N–H and O–H groups in total. The first-order valence-electron chi connectivity index (χ1n) is 7.25. The van der Waals surface area contributed by atoms with Gasteiger partial charge in [0.2, 0.25) is 0 Å². The van der Waals surface area contributed by atoms with Crippen molar-refractivity contribution >= 4 is 0 Å². The van der Waals surface area contributed by atoms with Crippen LogP contribution >= 0.6 is 0 Å². The summed E-state index contributed by atoms with van der Waals surface area (Å²) in [5, 5.41) is 8.63. The van der Waals surface area contributed by atoms with Crippen LogP contribution in [0.5, 0.6) is 0 Å². The normalized spacial score (nSPS) is 15.4. The quantitative estimate of drug-likeness (QED) is 0.854. The number of rotatable bonds is 4. The molecule has 1 saturated carbocycles. The lowest BCUT2D eigenvalue weighted by Gasteiger charge is -2.21. The van der Waals surface area contributed by atoms with Crippen LogP contribution in [-0.4, -0.2) is 30.2 Å². The monoisotopic (exact) mass is 275 g/mol. The predicted molar refractivity (Wildman–Crippen MR) is 78.7 cm³/mol. The van der Waals surface area contributed by atoms with Crippen LogP contribution in [0.4, 0.5) is 4.39 Å². The molecule has 2 nitrogen and oxygen atoms in total. The van der Waals surface area contributed by atoms with Crippen LogP contribution in [0.25, 0.3) is 0 Å². The minimum absolute atomic E-state index is 0.201. The van der Waals surface area contributed by atoms with E-state index in [0.29, 0.717) is 17.7 Å². The topological polar surface area (TPSA) is 23.5 Å². The van der Waals surface area contributed by atoms with E-state index in [0.717, 1.165) is 12.5 Å². The van der Waals surface area contributed by atoms with Gasteiger partial charge in [0, 0.05) is 24.2 Å². The molecule has 3 heteroatoms. The van der Waals surface area contributed by atoms with Crippen LogP contribution in [0.2, 0.25) is 0 Å². The molecule has 108 valence electrons. The van der Waals surface area contributed by atoms with E-state index in [2.05, 4.69) is 23.8 Å². The highest BCUT2D eigenvalue weighted by molar-refractivity contribution is 5.37. The van der Waals surface area contributed by atoms with Gasteiger partial charge in [-0.2, -0.15) is 0 Å². The van der Waals surface area contributed by atoms with Gasteiger partial charge in [-0.05, 0) is 37.9 Å². The third kappa shape index (κ3) is 4.33. The third-order valence-corrected chi connectivity index (χ3v) is 3.85. The second-order valence-corrected chi connectivity index (χ2v) is 5.61.